The summed E-state index contributed by atoms with van der Waals surface area (Å²) in [6.07, 6.45) is 15.2. The Morgan fingerprint density at radius 1 is 0.944 bits per heavy atom. The number of ether oxygens (including phenoxy) is 1. The van der Waals surface area contributed by atoms with E-state index in [4.69, 9.17) is 14.5 Å². The Bertz CT molecular complexity index is 860. The summed E-state index contributed by atoms with van der Waals surface area (Å²) < 4.78 is 6.36. The van der Waals surface area contributed by atoms with Gasteiger partial charge < -0.3 is 14.7 Å². The molecule has 6 fully saturated rings. The molecule has 200 valence electrons. The highest BCUT2D eigenvalue weighted by Gasteiger charge is 2.47. The van der Waals surface area contributed by atoms with Gasteiger partial charge in [-0.2, -0.15) is 0 Å². The van der Waals surface area contributed by atoms with Gasteiger partial charge in [0.1, 0.15) is 17.5 Å². The Kier molecular flexibility index (Phi) is 7.13. The number of hydrogen-bond acceptors (Lipinski definition) is 5. The maximum Gasteiger partial charge on any atom is 0.119 e. The van der Waals surface area contributed by atoms with Crippen LogP contribution in [0.5, 0.6) is 5.75 Å². The number of fused-ring (bicyclic) bond motifs is 1. The van der Waals surface area contributed by atoms with Crippen LogP contribution in [0.4, 0.5) is 0 Å². The minimum absolute atomic E-state index is 0.0980. The maximum atomic E-state index is 10.1. The van der Waals surface area contributed by atoms with E-state index < -0.39 is 5.60 Å². The largest absolute Gasteiger partial charge is 0.490 e. The van der Waals surface area contributed by atoms with Crippen molar-refractivity contribution < 1.29 is 19.6 Å². The number of likely N-dealkylation sites (tertiary alicyclic amines) is 1. The molecule has 6 aliphatic rings. The predicted octanol–water partition coefficient (Wildman–Crippen LogP) is 6.24. The van der Waals surface area contributed by atoms with Crippen LogP contribution in [0.3, 0.4) is 0 Å². The minimum Gasteiger partial charge on any atom is -0.490 e. The van der Waals surface area contributed by atoms with E-state index in [0.29, 0.717) is 12.0 Å². The van der Waals surface area contributed by atoms with E-state index in [2.05, 4.69) is 29.2 Å². The number of hydrogen-bond donors (Lipinski definition) is 1. The summed E-state index contributed by atoms with van der Waals surface area (Å²) in [6, 6.07) is 8.96. The zero-order valence-electron chi connectivity index (χ0n) is 22.5. The van der Waals surface area contributed by atoms with Crippen LogP contribution >= 0.6 is 0 Å². The van der Waals surface area contributed by atoms with Gasteiger partial charge in [0.2, 0.25) is 0 Å². The van der Waals surface area contributed by atoms with E-state index >= 15 is 0 Å². The van der Waals surface area contributed by atoms with Crippen molar-refractivity contribution in [2.24, 2.45) is 17.8 Å². The number of piperidine rings is 1. The second-order valence-electron chi connectivity index (χ2n) is 13.7. The molecule has 1 spiro atoms. The quantitative estimate of drug-likeness (QED) is 0.488. The van der Waals surface area contributed by atoms with Crippen molar-refractivity contribution in [2.75, 3.05) is 19.6 Å². The smallest absolute Gasteiger partial charge is 0.119 e. The average molecular weight is 498 g/mol. The lowest BCUT2D eigenvalue weighted by Gasteiger charge is -2.43. The summed E-state index contributed by atoms with van der Waals surface area (Å²) in [5.41, 5.74) is 0.696. The molecule has 5 nitrogen and oxygen atoms in total. The Hall–Kier alpha value is -1.14. The molecule has 2 unspecified atom stereocenters. The molecule has 3 saturated heterocycles. The van der Waals surface area contributed by atoms with Gasteiger partial charge in [0, 0.05) is 19.6 Å². The Morgan fingerprint density at radius 2 is 1.64 bits per heavy atom. The SMILES string of the molecule is CC(C)(O)CN1CCC(Oc2ccc([C@@H]3CCC[C@]4(CC5CC6CC(C5)CC(C6)OO4)C3)cc2)CC1. The second kappa shape index (κ2) is 10.2. The molecule has 3 aliphatic carbocycles. The van der Waals surface area contributed by atoms with Crippen molar-refractivity contribution in [2.45, 2.75) is 120 Å². The predicted molar refractivity (Wildman–Crippen MR) is 141 cm³/mol. The van der Waals surface area contributed by atoms with Gasteiger partial charge in [-0.25, -0.2) is 9.78 Å². The summed E-state index contributed by atoms with van der Waals surface area (Å²) in [5.74, 6) is 4.08. The number of benzene rings is 1. The van der Waals surface area contributed by atoms with E-state index in [0.717, 1.165) is 68.8 Å². The molecule has 5 heteroatoms. The van der Waals surface area contributed by atoms with E-state index in [1.165, 1.54) is 56.9 Å². The first-order valence-corrected chi connectivity index (χ1v) is 14.9. The molecule has 1 aromatic carbocycles. The fraction of sp³-hybridized carbons (Fsp3) is 0.806. The molecule has 3 aliphatic heterocycles. The van der Waals surface area contributed by atoms with E-state index in [1.54, 1.807) is 0 Å². The lowest BCUT2D eigenvalue weighted by Crippen LogP contribution is -2.45. The topological polar surface area (TPSA) is 51.2 Å². The standard InChI is InChI=1S/C31H47NO4/c1-30(2,33)21-32-12-9-28(10-13-32)34-27-7-5-25(6-8-27)26-4-3-11-31(20-26)19-24-15-22-14-23(16-24)18-29(17-22)35-36-31/h5-8,22-24,26,28-29,33H,3-4,9-21H2,1-2H3/t22?,23?,24?,26-,29?,31+/m1/s1. The Balaban J connectivity index is 1.06. The molecule has 0 amide bonds. The molecule has 4 bridgehead atoms. The van der Waals surface area contributed by atoms with E-state index in [-0.39, 0.29) is 11.7 Å². The van der Waals surface area contributed by atoms with Crippen molar-refractivity contribution in [1.82, 2.24) is 4.90 Å². The maximum absolute atomic E-state index is 10.1. The van der Waals surface area contributed by atoms with Gasteiger partial charge in [-0.1, -0.05) is 12.1 Å². The molecule has 0 aromatic heterocycles. The van der Waals surface area contributed by atoms with Gasteiger partial charge in [-0.05, 0) is 132 Å². The number of β-amino-alcohol motifs (C(OH)–C–C–N with tert-alkyl or cyclic N) is 1. The van der Waals surface area contributed by atoms with Crippen LogP contribution in [-0.2, 0) is 9.78 Å². The zero-order valence-corrected chi connectivity index (χ0v) is 22.5. The first kappa shape index (κ1) is 25.2. The van der Waals surface area contributed by atoms with Crippen LogP contribution in [0.25, 0.3) is 0 Å². The highest BCUT2D eigenvalue weighted by Crippen LogP contribution is 2.52. The van der Waals surface area contributed by atoms with Crippen molar-refractivity contribution in [3.63, 3.8) is 0 Å². The van der Waals surface area contributed by atoms with Crippen LogP contribution in [-0.4, -0.2) is 53.1 Å². The second-order valence-corrected chi connectivity index (χ2v) is 13.7. The highest BCUT2D eigenvalue weighted by molar-refractivity contribution is 5.30. The number of rotatable bonds is 5. The summed E-state index contributed by atoms with van der Waals surface area (Å²) in [5, 5.41) is 10.1. The Morgan fingerprint density at radius 3 is 2.33 bits per heavy atom. The molecule has 3 heterocycles. The van der Waals surface area contributed by atoms with E-state index in [1.807, 2.05) is 13.8 Å². The summed E-state index contributed by atoms with van der Waals surface area (Å²) in [4.78, 5) is 15.0. The van der Waals surface area contributed by atoms with Crippen LogP contribution in [0, 0.1) is 17.8 Å². The van der Waals surface area contributed by atoms with Gasteiger partial charge in [-0.3, -0.25) is 0 Å². The fourth-order valence-corrected chi connectivity index (χ4v) is 8.52. The zero-order chi connectivity index (χ0) is 24.8. The van der Waals surface area contributed by atoms with Crippen LogP contribution in [0.2, 0.25) is 0 Å². The Labute approximate surface area is 217 Å². The third-order valence-corrected chi connectivity index (χ3v) is 9.82. The first-order valence-electron chi connectivity index (χ1n) is 14.9. The lowest BCUT2D eigenvalue weighted by molar-refractivity contribution is -0.394. The third-order valence-electron chi connectivity index (χ3n) is 9.82. The summed E-state index contributed by atoms with van der Waals surface area (Å²) >= 11 is 0. The molecular formula is C31H47NO4. The molecule has 7 rings (SSSR count). The van der Waals surface area contributed by atoms with Crippen molar-refractivity contribution in [3.05, 3.63) is 29.8 Å². The van der Waals surface area contributed by atoms with Crippen LogP contribution in [0.15, 0.2) is 24.3 Å². The van der Waals surface area contributed by atoms with Crippen LogP contribution in [0.1, 0.15) is 102 Å². The average Bonchev–Trinajstić information content (AvgIpc) is 2.90. The molecule has 1 aromatic rings. The molecule has 36 heavy (non-hydrogen) atoms. The normalized spacial score (nSPS) is 38.0. The first-order chi connectivity index (χ1) is 17.3. The van der Waals surface area contributed by atoms with Gasteiger partial charge in [-0.15, -0.1) is 0 Å². The molecule has 3 saturated carbocycles. The summed E-state index contributed by atoms with van der Waals surface area (Å²) in [7, 11) is 0. The van der Waals surface area contributed by atoms with Gasteiger partial charge in [0.15, 0.2) is 0 Å². The minimum atomic E-state index is -0.632. The van der Waals surface area contributed by atoms with Crippen molar-refractivity contribution >= 4 is 0 Å². The third kappa shape index (κ3) is 5.95. The lowest BCUT2D eigenvalue weighted by atomic mass is 9.63. The van der Waals surface area contributed by atoms with Crippen molar-refractivity contribution in [3.8, 4) is 5.75 Å². The van der Waals surface area contributed by atoms with Gasteiger partial charge in [0.05, 0.1) is 11.7 Å². The van der Waals surface area contributed by atoms with Crippen molar-refractivity contribution in [1.29, 1.82) is 0 Å². The van der Waals surface area contributed by atoms with Gasteiger partial charge >= 0.3 is 0 Å². The number of aliphatic hydroxyl groups is 1. The summed E-state index contributed by atoms with van der Waals surface area (Å²) in [6.45, 7) is 6.48. The molecule has 1 N–H and O–H groups in total. The monoisotopic (exact) mass is 497 g/mol. The van der Waals surface area contributed by atoms with Crippen LogP contribution < -0.4 is 4.74 Å². The van der Waals surface area contributed by atoms with E-state index in [9.17, 15) is 5.11 Å². The molecule has 0 radical (unpaired) electrons. The number of nitrogens with zero attached hydrogens (tertiary/aromatic N) is 1. The highest BCUT2D eigenvalue weighted by atomic mass is 17.2. The molecular weight excluding hydrogens is 450 g/mol. The van der Waals surface area contributed by atoms with Gasteiger partial charge in [0.25, 0.3) is 0 Å². The molecule has 4 atom stereocenters. The fourth-order valence-electron chi connectivity index (χ4n) is 8.52.